The standard InChI is InChI=1S/C13H9BrN2O3/c1-19-12-4-9-6(2-8(12)14)7-3-10(13(17)18)15-5-11(7)16-9/h2-5,16H,1H3,(H,17,18). The van der Waals surface area contributed by atoms with Crippen molar-refractivity contribution in [2.75, 3.05) is 7.11 Å². The summed E-state index contributed by atoms with van der Waals surface area (Å²) in [5, 5.41) is 10.7. The van der Waals surface area contributed by atoms with Crippen molar-refractivity contribution in [3.05, 3.63) is 34.6 Å². The number of halogens is 1. The summed E-state index contributed by atoms with van der Waals surface area (Å²) >= 11 is 3.42. The molecule has 0 saturated carbocycles. The molecule has 0 amide bonds. The van der Waals surface area contributed by atoms with Crippen LogP contribution in [0.4, 0.5) is 0 Å². The van der Waals surface area contributed by atoms with Crippen LogP contribution in [0.3, 0.4) is 0 Å². The fourth-order valence-corrected chi connectivity index (χ4v) is 2.58. The van der Waals surface area contributed by atoms with E-state index in [2.05, 4.69) is 25.9 Å². The van der Waals surface area contributed by atoms with Crippen LogP contribution in [0.25, 0.3) is 21.8 Å². The van der Waals surface area contributed by atoms with Crippen LogP contribution in [0.15, 0.2) is 28.9 Å². The van der Waals surface area contributed by atoms with Crippen LogP contribution < -0.4 is 4.74 Å². The lowest BCUT2D eigenvalue weighted by atomic mass is 10.1. The lowest BCUT2D eigenvalue weighted by Crippen LogP contribution is -1.98. The summed E-state index contributed by atoms with van der Waals surface area (Å²) in [4.78, 5) is 18.1. The number of aromatic nitrogens is 2. The second-order valence-corrected chi connectivity index (χ2v) is 4.93. The molecule has 5 nitrogen and oxygen atoms in total. The Morgan fingerprint density at radius 3 is 2.74 bits per heavy atom. The number of hydrogen-bond donors (Lipinski definition) is 2. The van der Waals surface area contributed by atoms with Crippen molar-refractivity contribution < 1.29 is 14.6 Å². The minimum absolute atomic E-state index is 0.0281. The Hall–Kier alpha value is -2.08. The highest BCUT2D eigenvalue weighted by atomic mass is 79.9. The van der Waals surface area contributed by atoms with E-state index in [4.69, 9.17) is 9.84 Å². The summed E-state index contributed by atoms with van der Waals surface area (Å²) in [7, 11) is 1.60. The number of rotatable bonds is 2. The van der Waals surface area contributed by atoms with E-state index in [-0.39, 0.29) is 5.69 Å². The predicted molar refractivity (Wildman–Crippen MR) is 74.8 cm³/mol. The summed E-state index contributed by atoms with van der Waals surface area (Å²) < 4.78 is 6.05. The highest BCUT2D eigenvalue weighted by molar-refractivity contribution is 9.10. The third kappa shape index (κ3) is 1.84. The molecule has 0 radical (unpaired) electrons. The topological polar surface area (TPSA) is 75.2 Å². The zero-order valence-electron chi connectivity index (χ0n) is 9.90. The van der Waals surface area contributed by atoms with Crippen LogP contribution in [0.5, 0.6) is 5.75 Å². The van der Waals surface area contributed by atoms with Gasteiger partial charge in [0.05, 0.1) is 28.8 Å². The monoisotopic (exact) mass is 320 g/mol. The lowest BCUT2D eigenvalue weighted by molar-refractivity contribution is 0.0691. The maximum absolute atomic E-state index is 11.0. The number of H-pyrrole nitrogens is 1. The maximum atomic E-state index is 11.0. The molecule has 0 unspecified atom stereocenters. The summed E-state index contributed by atoms with van der Waals surface area (Å²) in [6.45, 7) is 0. The Morgan fingerprint density at radius 2 is 2.05 bits per heavy atom. The molecular formula is C13H9BrN2O3. The van der Waals surface area contributed by atoms with Crippen molar-refractivity contribution in [2.24, 2.45) is 0 Å². The third-order valence-electron chi connectivity index (χ3n) is 2.97. The molecule has 0 atom stereocenters. The van der Waals surface area contributed by atoms with E-state index in [1.165, 1.54) is 6.20 Å². The summed E-state index contributed by atoms with van der Waals surface area (Å²) in [5.74, 6) is -0.325. The number of carboxylic acids is 1. The number of pyridine rings is 1. The van der Waals surface area contributed by atoms with Gasteiger partial charge in [0.1, 0.15) is 11.4 Å². The van der Waals surface area contributed by atoms with Crippen molar-refractivity contribution >= 4 is 43.7 Å². The molecule has 0 spiro atoms. The summed E-state index contributed by atoms with van der Waals surface area (Å²) in [6.07, 6.45) is 1.53. The molecule has 2 aromatic heterocycles. The molecule has 3 aromatic rings. The number of benzene rings is 1. The van der Waals surface area contributed by atoms with E-state index in [0.717, 1.165) is 26.3 Å². The first kappa shape index (κ1) is 12.0. The van der Waals surface area contributed by atoms with E-state index in [0.29, 0.717) is 5.75 Å². The molecule has 1 aromatic carbocycles. The molecule has 6 heteroatoms. The highest BCUT2D eigenvalue weighted by Crippen LogP contribution is 2.34. The number of methoxy groups -OCH3 is 1. The van der Waals surface area contributed by atoms with Gasteiger partial charge in [0.15, 0.2) is 0 Å². The van der Waals surface area contributed by atoms with Crippen LogP contribution in [-0.2, 0) is 0 Å². The Morgan fingerprint density at radius 1 is 1.32 bits per heavy atom. The normalized spacial score (nSPS) is 11.1. The number of aromatic amines is 1. The number of nitrogens with zero attached hydrogens (tertiary/aromatic N) is 1. The number of aromatic carboxylic acids is 1. The smallest absolute Gasteiger partial charge is 0.354 e. The lowest BCUT2D eigenvalue weighted by Gasteiger charge is -2.02. The van der Waals surface area contributed by atoms with Crippen LogP contribution in [-0.4, -0.2) is 28.2 Å². The second-order valence-electron chi connectivity index (χ2n) is 4.08. The molecule has 96 valence electrons. The molecule has 2 N–H and O–H groups in total. The fraction of sp³-hybridized carbons (Fsp3) is 0.0769. The van der Waals surface area contributed by atoms with E-state index < -0.39 is 5.97 Å². The number of hydrogen-bond acceptors (Lipinski definition) is 3. The Bertz CT molecular complexity index is 810. The predicted octanol–water partition coefficient (Wildman–Crippen LogP) is 3.19. The quantitative estimate of drug-likeness (QED) is 0.760. The molecule has 0 aliphatic heterocycles. The molecule has 0 aliphatic rings. The van der Waals surface area contributed by atoms with E-state index in [1.807, 2.05) is 12.1 Å². The van der Waals surface area contributed by atoms with Crippen molar-refractivity contribution in [3.63, 3.8) is 0 Å². The summed E-state index contributed by atoms with van der Waals surface area (Å²) in [6, 6.07) is 5.33. The van der Waals surface area contributed by atoms with Gasteiger partial charge in [0, 0.05) is 16.8 Å². The fourth-order valence-electron chi connectivity index (χ4n) is 2.08. The first-order valence-corrected chi connectivity index (χ1v) is 6.27. The van der Waals surface area contributed by atoms with Crippen molar-refractivity contribution in [1.82, 2.24) is 9.97 Å². The van der Waals surface area contributed by atoms with Gasteiger partial charge in [0.2, 0.25) is 0 Å². The van der Waals surface area contributed by atoms with Crippen molar-refractivity contribution in [2.45, 2.75) is 0 Å². The molecule has 0 fully saturated rings. The SMILES string of the molecule is COc1cc2[nH]c3cnc(C(=O)O)cc3c2cc1Br. The Kier molecular flexibility index (Phi) is 2.67. The zero-order valence-corrected chi connectivity index (χ0v) is 11.5. The molecular weight excluding hydrogens is 312 g/mol. The minimum atomic E-state index is -1.04. The average molecular weight is 321 g/mol. The van der Waals surface area contributed by atoms with Crippen LogP contribution in [0, 0.1) is 0 Å². The van der Waals surface area contributed by atoms with Crippen molar-refractivity contribution in [3.8, 4) is 5.75 Å². The summed E-state index contributed by atoms with van der Waals surface area (Å²) in [5.41, 5.74) is 1.69. The van der Waals surface area contributed by atoms with Crippen LogP contribution in [0.2, 0.25) is 0 Å². The first-order chi connectivity index (χ1) is 9.10. The molecule has 3 rings (SSSR count). The maximum Gasteiger partial charge on any atom is 0.354 e. The van der Waals surface area contributed by atoms with E-state index >= 15 is 0 Å². The highest BCUT2D eigenvalue weighted by Gasteiger charge is 2.12. The second kappa shape index (κ2) is 4.24. The van der Waals surface area contributed by atoms with Gasteiger partial charge >= 0.3 is 5.97 Å². The van der Waals surface area contributed by atoms with Gasteiger partial charge in [-0.25, -0.2) is 9.78 Å². The van der Waals surface area contributed by atoms with Gasteiger partial charge in [-0.2, -0.15) is 0 Å². The number of carboxylic acid groups (broad SMARTS) is 1. The number of ether oxygens (including phenoxy) is 1. The molecule has 0 aliphatic carbocycles. The van der Waals surface area contributed by atoms with E-state index in [9.17, 15) is 4.79 Å². The molecule has 2 heterocycles. The Labute approximate surface area is 116 Å². The van der Waals surface area contributed by atoms with E-state index in [1.54, 1.807) is 13.2 Å². The number of carbonyl (C=O) groups is 1. The van der Waals surface area contributed by atoms with Gasteiger partial charge in [-0.1, -0.05) is 0 Å². The zero-order chi connectivity index (χ0) is 13.6. The first-order valence-electron chi connectivity index (χ1n) is 5.48. The Balaban J connectivity index is 2.38. The van der Waals surface area contributed by atoms with Gasteiger partial charge in [-0.15, -0.1) is 0 Å². The van der Waals surface area contributed by atoms with Gasteiger partial charge in [-0.05, 0) is 28.1 Å². The molecule has 0 bridgehead atoms. The largest absolute Gasteiger partial charge is 0.495 e. The van der Waals surface area contributed by atoms with Crippen molar-refractivity contribution in [1.29, 1.82) is 0 Å². The number of nitrogens with one attached hydrogen (secondary N) is 1. The van der Waals surface area contributed by atoms with Gasteiger partial charge < -0.3 is 14.8 Å². The average Bonchev–Trinajstić information content (AvgIpc) is 2.74. The van der Waals surface area contributed by atoms with Gasteiger partial charge in [-0.3, -0.25) is 0 Å². The third-order valence-corrected chi connectivity index (χ3v) is 3.59. The minimum Gasteiger partial charge on any atom is -0.495 e. The van der Waals surface area contributed by atoms with Crippen LogP contribution in [0.1, 0.15) is 10.5 Å². The van der Waals surface area contributed by atoms with Crippen LogP contribution >= 0.6 is 15.9 Å². The molecule has 19 heavy (non-hydrogen) atoms. The van der Waals surface area contributed by atoms with Gasteiger partial charge in [0.25, 0.3) is 0 Å². The molecule has 0 saturated heterocycles. The number of fused-ring (bicyclic) bond motifs is 3.